The van der Waals surface area contributed by atoms with Crippen LogP contribution in [0.25, 0.3) is 0 Å². The van der Waals surface area contributed by atoms with Gasteiger partial charge in [0.05, 0.1) is 11.7 Å². The molecule has 1 amide bonds. The number of rotatable bonds is 3. The van der Waals surface area contributed by atoms with Gasteiger partial charge < -0.3 is 9.64 Å². The van der Waals surface area contributed by atoms with Gasteiger partial charge in [-0.2, -0.15) is 0 Å². The molecule has 0 aromatic carbocycles. The molecule has 1 heterocycles. The first-order valence-electron chi connectivity index (χ1n) is 5.32. The van der Waals surface area contributed by atoms with Crippen LogP contribution >= 0.6 is 15.9 Å². The molecule has 1 unspecified atom stereocenters. The Kier molecular flexibility index (Phi) is 4.60. The molecule has 0 N–H and O–H groups in total. The second-order valence-corrected chi connectivity index (χ2v) is 7.79. The molecule has 17 heavy (non-hydrogen) atoms. The smallest absolute Gasteiger partial charge is 0.237 e. The van der Waals surface area contributed by atoms with Gasteiger partial charge in [-0.05, 0) is 13.8 Å². The highest BCUT2D eigenvalue weighted by atomic mass is 79.9. The highest BCUT2D eigenvalue weighted by Crippen LogP contribution is 2.22. The summed E-state index contributed by atoms with van der Waals surface area (Å²) in [6.45, 7) is 4.64. The number of amides is 1. The van der Waals surface area contributed by atoms with E-state index in [4.69, 9.17) is 4.74 Å². The molecular weight excluding hydrogens is 310 g/mol. The first kappa shape index (κ1) is 14.9. The fourth-order valence-electron chi connectivity index (χ4n) is 1.88. The van der Waals surface area contributed by atoms with E-state index in [1.165, 1.54) is 0 Å². The summed E-state index contributed by atoms with van der Waals surface area (Å²) in [6, 6.07) is 0. The Morgan fingerprint density at radius 2 is 2.12 bits per heavy atom. The molecule has 1 aliphatic heterocycles. The zero-order chi connectivity index (χ0) is 13.3. The van der Waals surface area contributed by atoms with Gasteiger partial charge in [0.25, 0.3) is 0 Å². The van der Waals surface area contributed by atoms with E-state index < -0.39 is 21.2 Å². The lowest BCUT2D eigenvalue weighted by Crippen LogP contribution is -2.56. The summed E-state index contributed by atoms with van der Waals surface area (Å²) >= 11 is 3.32. The molecule has 0 bridgehead atoms. The predicted octanol–water partition coefficient (Wildman–Crippen LogP) is 0.432. The molecule has 5 nitrogen and oxygen atoms in total. The number of alkyl halides is 1. The number of nitrogens with zero attached hydrogens (tertiary/aromatic N) is 1. The minimum absolute atomic E-state index is 0.0951. The van der Waals surface area contributed by atoms with E-state index >= 15 is 0 Å². The third-order valence-corrected chi connectivity index (χ3v) is 3.89. The van der Waals surface area contributed by atoms with E-state index in [0.717, 1.165) is 6.26 Å². The molecule has 0 aromatic heterocycles. The largest absolute Gasteiger partial charge is 0.368 e. The van der Waals surface area contributed by atoms with Gasteiger partial charge >= 0.3 is 0 Å². The minimum atomic E-state index is -3.28. The standard InChI is InChI=1S/C10H18BrNO4S/c1-10(2)7-12(5-8(4-11)16-10)9(13)6-17(3,14)15/h8H,4-7H2,1-3H3. The van der Waals surface area contributed by atoms with Crippen molar-refractivity contribution in [3.05, 3.63) is 0 Å². The summed E-state index contributed by atoms with van der Waals surface area (Å²) in [7, 11) is -3.28. The Hall–Kier alpha value is -0.140. The van der Waals surface area contributed by atoms with Crippen LogP contribution in [-0.4, -0.2) is 61.4 Å². The zero-order valence-electron chi connectivity index (χ0n) is 10.3. The topological polar surface area (TPSA) is 63.7 Å². The van der Waals surface area contributed by atoms with Crippen LogP contribution in [0.15, 0.2) is 0 Å². The number of hydrogen-bond donors (Lipinski definition) is 0. The molecule has 0 aliphatic carbocycles. The lowest BCUT2D eigenvalue weighted by Gasteiger charge is -2.42. The molecule has 0 radical (unpaired) electrons. The molecule has 100 valence electrons. The summed E-state index contributed by atoms with van der Waals surface area (Å²) in [5, 5.41) is 0.624. The molecule has 1 fully saturated rings. The Labute approximate surface area is 111 Å². The average Bonchev–Trinajstić information content (AvgIpc) is 2.12. The SMILES string of the molecule is CC1(C)CN(C(=O)CS(C)(=O)=O)CC(CBr)O1. The van der Waals surface area contributed by atoms with E-state index in [0.29, 0.717) is 18.4 Å². The van der Waals surface area contributed by atoms with Crippen LogP contribution in [0.1, 0.15) is 13.8 Å². The molecule has 0 saturated carbocycles. The maximum Gasteiger partial charge on any atom is 0.237 e. The zero-order valence-corrected chi connectivity index (χ0v) is 12.7. The van der Waals surface area contributed by atoms with E-state index in [9.17, 15) is 13.2 Å². The van der Waals surface area contributed by atoms with Crippen molar-refractivity contribution in [1.29, 1.82) is 0 Å². The van der Waals surface area contributed by atoms with Crippen molar-refractivity contribution in [3.63, 3.8) is 0 Å². The van der Waals surface area contributed by atoms with Crippen molar-refractivity contribution in [2.24, 2.45) is 0 Å². The fourth-order valence-corrected chi connectivity index (χ4v) is 2.85. The summed E-state index contributed by atoms with van der Waals surface area (Å²) in [6.07, 6.45) is 0.973. The van der Waals surface area contributed by atoms with Gasteiger partial charge in [-0.3, -0.25) is 4.79 Å². The van der Waals surface area contributed by atoms with Crippen LogP contribution < -0.4 is 0 Å². The number of morpholine rings is 1. The average molecular weight is 328 g/mol. The first-order valence-corrected chi connectivity index (χ1v) is 8.50. The monoisotopic (exact) mass is 327 g/mol. The van der Waals surface area contributed by atoms with Gasteiger partial charge in [0.2, 0.25) is 5.91 Å². The normalized spacial score (nSPS) is 24.7. The van der Waals surface area contributed by atoms with Crippen molar-refractivity contribution < 1.29 is 17.9 Å². The Bertz CT molecular complexity index is 393. The third-order valence-electron chi connectivity index (χ3n) is 2.39. The molecular formula is C10H18BrNO4S. The van der Waals surface area contributed by atoms with Gasteiger partial charge in [-0.15, -0.1) is 0 Å². The second kappa shape index (κ2) is 5.24. The Morgan fingerprint density at radius 1 is 1.53 bits per heavy atom. The van der Waals surface area contributed by atoms with E-state index in [2.05, 4.69) is 15.9 Å². The van der Waals surface area contributed by atoms with Gasteiger partial charge in [-0.1, -0.05) is 15.9 Å². The van der Waals surface area contributed by atoms with Gasteiger partial charge in [0, 0.05) is 24.7 Å². The summed E-state index contributed by atoms with van der Waals surface area (Å²) in [5.74, 6) is -0.784. The van der Waals surface area contributed by atoms with Crippen LogP contribution in [0.3, 0.4) is 0 Å². The van der Waals surface area contributed by atoms with Crippen molar-refractivity contribution in [2.75, 3.05) is 30.4 Å². The van der Waals surface area contributed by atoms with Crippen molar-refractivity contribution in [1.82, 2.24) is 4.90 Å². The van der Waals surface area contributed by atoms with E-state index in [1.807, 2.05) is 13.8 Å². The first-order chi connectivity index (χ1) is 7.63. The second-order valence-electron chi connectivity index (χ2n) is 5.00. The number of sulfone groups is 1. The number of carbonyl (C=O) groups excluding carboxylic acids is 1. The molecule has 1 atom stereocenters. The molecule has 0 aromatic rings. The number of ether oxygens (including phenoxy) is 1. The van der Waals surface area contributed by atoms with Gasteiger partial charge in [0.1, 0.15) is 5.75 Å². The van der Waals surface area contributed by atoms with Crippen LogP contribution in [0.5, 0.6) is 0 Å². The highest BCUT2D eigenvalue weighted by Gasteiger charge is 2.35. The van der Waals surface area contributed by atoms with Crippen LogP contribution in [0, 0.1) is 0 Å². The van der Waals surface area contributed by atoms with Gasteiger partial charge in [-0.25, -0.2) is 8.42 Å². The Balaban J connectivity index is 2.73. The van der Waals surface area contributed by atoms with Crippen LogP contribution in [0.4, 0.5) is 0 Å². The lowest BCUT2D eigenvalue weighted by atomic mass is 10.1. The van der Waals surface area contributed by atoms with Crippen molar-refractivity contribution in [2.45, 2.75) is 25.6 Å². The van der Waals surface area contributed by atoms with E-state index in [1.54, 1.807) is 4.90 Å². The maximum absolute atomic E-state index is 11.8. The quantitative estimate of drug-likeness (QED) is 0.705. The van der Waals surface area contributed by atoms with Crippen molar-refractivity contribution >= 4 is 31.7 Å². The van der Waals surface area contributed by atoms with Crippen molar-refractivity contribution in [3.8, 4) is 0 Å². The number of carbonyl (C=O) groups is 1. The highest BCUT2D eigenvalue weighted by molar-refractivity contribution is 9.09. The summed E-state index contributed by atoms with van der Waals surface area (Å²) < 4.78 is 28.0. The lowest BCUT2D eigenvalue weighted by molar-refractivity contribution is -0.154. The molecule has 1 rings (SSSR count). The third kappa shape index (κ3) is 4.93. The fraction of sp³-hybridized carbons (Fsp3) is 0.900. The Morgan fingerprint density at radius 3 is 2.59 bits per heavy atom. The predicted molar refractivity (Wildman–Crippen MR) is 69.0 cm³/mol. The summed E-state index contributed by atoms with van der Waals surface area (Å²) in [5.41, 5.74) is -0.441. The summed E-state index contributed by atoms with van der Waals surface area (Å²) in [4.78, 5) is 13.4. The van der Waals surface area contributed by atoms with Gasteiger partial charge in [0.15, 0.2) is 9.84 Å². The van der Waals surface area contributed by atoms with E-state index in [-0.39, 0.29) is 12.0 Å². The van der Waals surface area contributed by atoms with Crippen LogP contribution in [0.2, 0.25) is 0 Å². The maximum atomic E-state index is 11.8. The molecule has 1 aliphatic rings. The number of hydrogen-bond acceptors (Lipinski definition) is 4. The number of halogens is 1. The minimum Gasteiger partial charge on any atom is -0.368 e. The van der Waals surface area contributed by atoms with Crippen LogP contribution in [-0.2, 0) is 19.4 Å². The molecule has 0 spiro atoms. The molecule has 7 heteroatoms. The molecule has 1 saturated heterocycles.